The number of nitrogens with one attached hydrogen (secondary N) is 1. The fourth-order valence-electron chi connectivity index (χ4n) is 2.10. The third kappa shape index (κ3) is 5.79. The molecule has 26 heavy (non-hydrogen) atoms. The van der Waals surface area contributed by atoms with Crippen LogP contribution in [0.1, 0.15) is 11.1 Å². The van der Waals surface area contributed by atoms with Crippen LogP contribution in [0, 0.1) is 0 Å². The molecule has 0 aliphatic rings. The van der Waals surface area contributed by atoms with Crippen LogP contribution >= 0.6 is 23.2 Å². The van der Waals surface area contributed by atoms with Gasteiger partial charge in [0.25, 0.3) is 5.91 Å². The van der Waals surface area contributed by atoms with Crippen molar-refractivity contribution < 1.29 is 19.1 Å². The highest BCUT2D eigenvalue weighted by molar-refractivity contribution is 6.37. The molecule has 0 atom stereocenters. The van der Waals surface area contributed by atoms with Crippen molar-refractivity contribution in [2.75, 3.05) is 13.7 Å². The average molecular weight is 394 g/mol. The molecule has 0 heterocycles. The monoisotopic (exact) mass is 393 g/mol. The summed E-state index contributed by atoms with van der Waals surface area (Å²) in [6.07, 6.45) is 2.61. The highest BCUT2D eigenvalue weighted by Gasteiger charge is 2.08. The van der Waals surface area contributed by atoms with Crippen molar-refractivity contribution in [3.8, 4) is 5.75 Å². The summed E-state index contributed by atoms with van der Waals surface area (Å²) >= 11 is 12.0. The van der Waals surface area contributed by atoms with Crippen molar-refractivity contribution in [2.24, 2.45) is 0 Å². The number of para-hydroxylation sites is 1. The standard InChI is InChI=1S/C19H17Cl2NO4/c1-25-17-8-3-2-5-13(17)11-22-18(23)12-26-19(24)10-9-14-15(20)6-4-7-16(14)21/h2-10H,11-12H2,1H3,(H,22,23)/b10-9+. The number of amides is 1. The van der Waals surface area contributed by atoms with Gasteiger partial charge in [-0.3, -0.25) is 4.79 Å². The van der Waals surface area contributed by atoms with Crippen LogP contribution in [0.15, 0.2) is 48.5 Å². The van der Waals surface area contributed by atoms with E-state index in [2.05, 4.69) is 5.32 Å². The van der Waals surface area contributed by atoms with Crippen LogP contribution in [0.3, 0.4) is 0 Å². The summed E-state index contributed by atoms with van der Waals surface area (Å²) in [7, 11) is 1.56. The highest BCUT2D eigenvalue weighted by Crippen LogP contribution is 2.25. The van der Waals surface area contributed by atoms with Crippen LogP contribution in [0.5, 0.6) is 5.75 Å². The Morgan fingerprint density at radius 3 is 2.46 bits per heavy atom. The van der Waals surface area contributed by atoms with Crippen molar-refractivity contribution in [1.82, 2.24) is 5.32 Å². The van der Waals surface area contributed by atoms with E-state index in [0.29, 0.717) is 21.4 Å². The lowest BCUT2D eigenvalue weighted by Crippen LogP contribution is -2.28. The van der Waals surface area contributed by atoms with Gasteiger partial charge in [0.05, 0.1) is 7.11 Å². The number of methoxy groups -OCH3 is 1. The number of rotatable bonds is 7. The van der Waals surface area contributed by atoms with Gasteiger partial charge in [0, 0.05) is 33.8 Å². The molecule has 0 aromatic heterocycles. The minimum absolute atomic E-state index is 0.269. The summed E-state index contributed by atoms with van der Waals surface area (Å²) in [6, 6.07) is 12.3. The first-order chi connectivity index (χ1) is 12.5. The Balaban J connectivity index is 1.81. The van der Waals surface area contributed by atoms with Crippen molar-refractivity contribution >= 4 is 41.2 Å². The van der Waals surface area contributed by atoms with E-state index in [0.717, 1.165) is 5.56 Å². The Bertz CT molecular complexity index is 801. The van der Waals surface area contributed by atoms with Gasteiger partial charge in [0.15, 0.2) is 6.61 Å². The molecule has 0 spiro atoms. The molecule has 0 aliphatic heterocycles. The Labute approximate surface area is 161 Å². The Morgan fingerprint density at radius 2 is 1.77 bits per heavy atom. The number of hydrogen-bond acceptors (Lipinski definition) is 4. The summed E-state index contributed by atoms with van der Waals surface area (Å²) in [5.41, 5.74) is 1.33. The van der Waals surface area contributed by atoms with Gasteiger partial charge < -0.3 is 14.8 Å². The summed E-state index contributed by atoms with van der Waals surface area (Å²) in [4.78, 5) is 23.5. The van der Waals surface area contributed by atoms with Gasteiger partial charge in [-0.2, -0.15) is 0 Å². The molecule has 1 amide bonds. The van der Waals surface area contributed by atoms with Gasteiger partial charge in [-0.05, 0) is 24.3 Å². The Morgan fingerprint density at radius 1 is 1.08 bits per heavy atom. The van der Waals surface area contributed by atoms with Crippen LogP contribution in [0.25, 0.3) is 6.08 Å². The number of benzene rings is 2. The second-order valence-electron chi connectivity index (χ2n) is 5.16. The average Bonchev–Trinajstić information content (AvgIpc) is 2.64. The molecular weight excluding hydrogens is 377 g/mol. The highest BCUT2D eigenvalue weighted by atomic mass is 35.5. The normalized spacial score (nSPS) is 10.6. The predicted molar refractivity (Wildman–Crippen MR) is 101 cm³/mol. The molecular formula is C19H17Cl2NO4. The SMILES string of the molecule is COc1ccccc1CNC(=O)COC(=O)/C=C/c1c(Cl)cccc1Cl. The maximum absolute atomic E-state index is 11.8. The Hall–Kier alpha value is -2.50. The molecule has 0 saturated carbocycles. The lowest BCUT2D eigenvalue weighted by atomic mass is 10.2. The maximum atomic E-state index is 11.8. The smallest absolute Gasteiger partial charge is 0.331 e. The third-order valence-corrected chi connectivity index (χ3v) is 4.06. The van der Waals surface area contributed by atoms with Gasteiger partial charge in [0.1, 0.15) is 5.75 Å². The van der Waals surface area contributed by atoms with Crippen LogP contribution in [0.2, 0.25) is 10.0 Å². The molecule has 0 fully saturated rings. The van der Waals surface area contributed by atoms with Crippen molar-refractivity contribution in [2.45, 2.75) is 6.54 Å². The fourth-order valence-corrected chi connectivity index (χ4v) is 2.62. The van der Waals surface area contributed by atoms with E-state index in [1.807, 2.05) is 18.2 Å². The molecule has 2 aromatic rings. The molecule has 0 bridgehead atoms. The van der Waals surface area contributed by atoms with E-state index in [4.69, 9.17) is 32.7 Å². The number of ether oxygens (including phenoxy) is 2. The molecule has 0 saturated heterocycles. The van der Waals surface area contributed by atoms with E-state index in [1.54, 1.807) is 31.4 Å². The maximum Gasteiger partial charge on any atom is 0.331 e. The predicted octanol–water partition coefficient (Wildman–Crippen LogP) is 3.87. The van der Waals surface area contributed by atoms with Gasteiger partial charge in [-0.15, -0.1) is 0 Å². The number of carbonyl (C=O) groups excluding carboxylic acids is 2. The number of esters is 1. The zero-order chi connectivity index (χ0) is 18.9. The van der Waals surface area contributed by atoms with Gasteiger partial charge in [0.2, 0.25) is 0 Å². The first-order valence-corrected chi connectivity index (χ1v) is 8.44. The van der Waals surface area contributed by atoms with Crippen LogP contribution in [0.4, 0.5) is 0 Å². The quantitative estimate of drug-likeness (QED) is 0.572. The molecule has 0 aliphatic carbocycles. The summed E-state index contributed by atoms with van der Waals surface area (Å²) < 4.78 is 10.1. The zero-order valence-electron chi connectivity index (χ0n) is 14.0. The summed E-state index contributed by atoms with van der Waals surface area (Å²) in [6.45, 7) is -0.125. The van der Waals surface area contributed by atoms with Crippen molar-refractivity contribution in [3.63, 3.8) is 0 Å². The number of halogens is 2. The minimum atomic E-state index is -0.673. The summed E-state index contributed by atoms with van der Waals surface area (Å²) in [5.74, 6) is -0.425. The third-order valence-electron chi connectivity index (χ3n) is 3.40. The van der Waals surface area contributed by atoms with Crippen LogP contribution < -0.4 is 10.1 Å². The van der Waals surface area contributed by atoms with Crippen molar-refractivity contribution in [1.29, 1.82) is 0 Å². The largest absolute Gasteiger partial charge is 0.496 e. The molecule has 1 N–H and O–H groups in total. The Kier molecular flexibility index (Phi) is 7.51. The number of carbonyl (C=O) groups is 2. The van der Waals surface area contributed by atoms with E-state index in [1.165, 1.54) is 12.2 Å². The first kappa shape index (κ1) is 19.8. The van der Waals surface area contributed by atoms with Gasteiger partial charge in [-0.1, -0.05) is 47.5 Å². The minimum Gasteiger partial charge on any atom is -0.496 e. The number of hydrogen-bond donors (Lipinski definition) is 1. The molecule has 2 aromatic carbocycles. The lowest BCUT2D eigenvalue weighted by Gasteiger charge is -2.09. The fraction of sp³-hybridized carbons (Fsp3) is 0.158. The molecule has 7 heteroatoms. The van der Waals surface area contributed by atoms with Crippen LogP contribution in [-0.4, -0.2) is 25.6 Å². The first-order valence-electron chi connectivity index (χ1n) is 7.68. The second-order valence-corrected chi connectivity index (χ2v) is 5.98. The molecule has 2 rings (SSSR count). The lowest BCUT2D eigenvalue weighted by molar-refractivity contribution is -0.143. The second kappa shape index (κ2) is 9.85. The van der Waals surface area contributed by atoms with E-state index in [-0.39, 0.29) is 6.54 Å². The molecule has 5 nitrogen and oxygen atoms in total. The van der Waals surface area contributed by atoms with E-state index >= 15 is 0 Å². The topological polar surface area (TPSA) is 64.6 Å². The molecule has 0 radical (unpaired) electrons. The molecule has 0 unspecified atom stereocenters. The molecule has 136 valence electrons. The summed E-state index contributed by atoms with van der Waals surface area (Å²) in [5, 5.41) is 3.48. The van der Waals surface area contributed by atoms with Crippen molar-refractivity contribution in [3.05, 3.63) is 69.7 Å². The zero-order valence-corrected chi connectivity index (χ0v) is 15.5. The van der Waals surface area contributed by atoms with Crippen LogP contribution in [-0.2, 0) is 20.9 Å². The van der Waals surface area contributed by atoms with Gasteiger partial charge >= 0.3 is 5.97 Å². The van der Waals surface area contributed by atoms with E-state index < -0.39 is 18.5 Å². The van der Waals surface area contributed by atoms with E-state index in [9.17, 15) is 9.59 Å². The van der Waals surface area contributed by atoms with Gasteiger partial charge in [-0.25, -0.2) is 4.79 Å².